The second kappa shape index (κ2) is 6.61. The molecule has 0 radical (unpaired) electrons. The fourth-order valence-electron chi connectivity index (χ4n) is 3.71. The number of aryl methyl sites for hydroxylation is 1. The molecule has 1 saturated heterocycles. The predicted octanol–water partition coefficient (Wildman–Crippen LogP) is 1.48. The molecule has 6 heteroatoms. The summed E-state index contributed by atoms with van der Waals surface area (Å²) in [5, 5.41) is 7.51. The molecule has 0 spiro atoms. The fraction of sp³-hybridized carbons (Fsp3) is 0.765. The SMILES string of the molecule is COC[C@@H]1CN(C(=O)Cc2n[nH]c3c2CCCC3)CC(C)(C)O1. The molecule has 1 aromatic rings. The summed E-state index contributed by atoms with van der Waals surface area (Å²) >= 11 is 0. The second-order valence-corrected chi connectivity index (χ2v) is 7.24. The van der Waals surface area contributed by atoms with Gasteiger partial charge in [0.25, 0.3) is 0 Å². The van der Waals surface area contributed by atoms with Crippen LogP contribution in [0.5, 0.6) is 0 Å². The molecule has 0 saturated carbocycles. The van der Waals surface area contributed by atoms with E-state index in [-0.39, 0.29) is 17.6 Å². The van der Waals surface area contributed by atoms with Gasteiger partial charge in [0.2, 0.25) is 5.91 Å². The van der Waals surface area contributed by atoms with Gasteiger partial charge in [0.15, 0.2) is 0 Å². The summed E-state index contributed by atoms with van der Waals surface area (Å²) in [6.07, 6.45) is 4.79. The van der Waals surface area contributed by atoms with Crippen molar-refractivity contribution in [3.63, 3.8) is 0 Å². The monoisotopic (exact) mass is 321 g/mol. The van der Waals surface area contributed by atoms with E-state index >= 15 is 0 Å². The van der Waals surface area contributed by atoms with E-state index in [1.807, 2.05) is 18.7 Å². The number of nitrogens with zero attached hydrogens (tertiary/aromatic N) is 2. The molecule has 0 aromatic carbocycles. The van der Waals surface area contributed by atoms with Crippen LogP contribution in [0, 0.1) is 0 Å². The van der Waals surface area contributed by atoms with Gasteiger partial charge in [-0.3, -0.25) is 9.89 Å². The molecule has 2 heterocycles. The Hall–Kier alpha value is -1.40. The van der Waals surface area contributed by atoms with Crippen molar-refractivity contribution in [1.82, 2.24) is 15.1 Å². The Labute approximate surface area is 137 Å². The normalized spacial score (nSPS) is 23.6. The van der Waals surface area contributed by atoms with E-state index < -0.39 is 0 Å². The van der Waals surface area contributed by atoms with E-state index in [1.54, 1.807) is 7.11 Å². The van der Waals surface area contributed by atoms with Crippen LogP contribution < -0.4 is 0 Å². The van der Waals surface area contributed by atoms with Crippen molar-refractivity contribution < 1.29 is 14.3 Å². The lowest BCUT2D eigenvalue weighted by Gasteiger charge is -2.42. The molecule has 1 aliphatic heterocycles. The number of hydrogen-bond acceptors (Lipinski definition) is 4. The lowest BCUT2D eigenvalue weighted by atomic mass is 9.95. The topological polar surface area (TPSA) is 67.5 Å². The Morgan fingerprint density at radius 1 is 1.43 bits per heavy atom. The minimum absolute atomic E-state index is 0.0687. The van der Waals surface area contributed by atoms with Crippen molar-refractivity contribution in [2.75, 3.05) is 26.8 Å². The van der Waals surface area contributed by atoms with E-state index in [0.717, 1.165) is 18.5 Å². The number of nitrogens with one attached hydrogen (secondary N) is 1. The number of aromatic amines is 1. The van der Waals surface area contributed by atoms with Gasteiger partial charge < -0.3 is 14.4 Å². The lowest BCUT2D eigenvalue weighted by Crippen LogP contribution is -2.56. The van der Waals surface area contributed by atoms with Crippen molar-refractivity contribution in [2.45, 2.75) is 57.7 Å². The number of rotatable bonds is 4. The number of carbonyl (C=O) groups excluding carboxylic acids is 1. The van der Waals surface area contributed by atoms with E-state index in [2.05, 4.69) is 10.2 Å². The van der Waals surface area contributed by atoms with Gasteiger partial charge in [0.1, 0.15) is 0 Å². The second-order valence-electron chi connectivity index (χ2n) is 7.24. The quantitative estimate of drug-likeness (QED) is 0.912. The molecular formula is C17H27N3O3. The first-order valence-electron chi connectivity index (χ1n) is 8.48. The van der Waals surface area contributed by atoms with Crippen LogP contribution in [-0.2, 0) is 33.5 Å². The Bertz CT molecular complexity index is 567. The molecule has 3 rings (SSSR count). The van der Waals surface area contributed by atoms with Crippen molar-refractivity contribution >= 4 is 5.91 Å². The van der Waals surface area contributed by atoms with Crippen LogP contribution in [0.3, 0.4) is 0 Å². The Morgan fingerprint density at radius 3 is 3.00 bits per heavy atom. The molecule has 1 aromatic heterocycles. The van der Waals surface area contributed by atoms with E-state index in [4.69, 9.17) is 9.47 Å². The molecule has 0 unspecified atom stereocenters. The third kappa shape index (κ3) is 3.75. The highest BCUT2D eigenvalue weighted by atomic mass is 16.5. The number of aromatic nitrogens is 2. The molecule has 6 nitrogen and oxygen atoms in total. The molecule has 1 aliphatic carbocycles. The van der Waals surface area contributed by atoms with Gasteiger partial charge in [-0.25, -0.2) is 0 Å². The first-order valence-corrected chi connectivity index (χ1v) is 8.48. The number of carbonyl (C=O) groups is 1. The van der Waals surface area contributed by atoms with Gasteiger partial charge in [-0.15, -0.1) is 0 Å². The highest BCUT2D eigenvalue weighted by molar-refractivity contribution is 5.79. The smallest absolute Gasteiger partial charge is 0.228 e. The highest BCUT2D eigenvalue weighted by Crippen LogP contribution is 2.25. The first-order chi connectivity index (χ1) is 11.0. The zero-order valence-electron chi connectivity index (χ0n) is 14.4. The summed E-state index contributed by atoms with van der Waals surface area (Å²) in [5.74, 6) is 0.127. The van der Waals surface area contributed by atoms with Crippen molar-refractivity contribution in [1.29, 1.82) is 0 Å². The third-order valence-corrected chi connectivity index (χ3v) is 4.65. The minimum Gasteiger partial charge on any atom is -0.382 e. The van der Waals surface area contributed by atoms with Gasteiger partial charge in [-0.2, -0.15) is 5.10 Å². The third-order valence-electron chi connectivity index (χ3n) is 4.65. The summed E-state index contributed by atoms with van der Waals surface area (Å²) in [5.41, 5.74) is 3.07. The predicted molar refractivity (Wildman–Crippen MR) is 86.3 cm³/mol. The van der Waals surface area contributed by atoms with Crippen LogP contribution in [0.4, 0.5) is 0 Å². The largest absolute Gasteiger partial charge is 0.382 e. The van der Waals surface area contributed by atoms with Crippen LogP contribution in [0.2, 0.25) is 0 Å². The molecule has 2 aliphatic rings. The van der Waals surface area contributed by atoms with Crippen LogP contribution in [0.25, 0.3) is 0 Å². The number of fused-ring (bicyclic) bond motifs is 1. The van der Waals surface area contributed by atoms with Gasteiger partial charge >= 0.3 is 0 Å². The van der Waals surface area contributed by atoms with Gasteiger partial charge in [0.05, 0.1) is 30.4 Å². The maximum Gasteiger partial charge on any atom is 0.228 e. The number of methoxy groups -OCH3 is 1. The number of hydrogen-bond donors (Lipinski definition) is 1. The molecule has 128 valence electrons. The lowest BCUT2D eigenvalue weighted by molar-refractivity contribution is -0.168. The fourth-order valence-corrected chi connectivity index (χ4v) is 3.71. The molecule has 23 heavy (non-hydrogen) atoms. The van der Waals surface area contributed by atoms with Crippen molar-refractivity contribution in [2.24, 2.45) is 0 Å². The Morgan fingerprint density at radius 2 is 2.22 bits per heavy atom. The average molecular weight is 321 g/mol. The van der Waals surface area contributed by atoms with Gasteiger partial charge in [-0.05, 0) is 45.1 Å². The average Bonchev–Trinajstić information content (AvgIpc) is 2.89. The molecule has 1 N–H and O–H groups in total. The number of H-pyrrole nitrogens is 1. The summed E-state index contributed by atoms with van der Waals surface area (Å²) in [6, 6.07) is 0. The van der Waals surface area contributed by atoms with Gasteiger partial charge in [-0.1, -0.05) is 0 Å². The van der Waals surface area contributed by atoms with Crippen LogP contribution >= 0.6 is 0 Å². The van der Waals surface area contributed by atoms with E-state index in [1.165, 1.54) is 24.1 Å². The van der Waals surface area contributed by atoms with E-state index in [0.29, 0.717) is 26.1 Å². The van der Waals surface area contributed by atoms with Crippen molar-refractivity contribution in [3.05, 3.63) is 17.0 Å². The molecule has 0 bridgehead atoms. The Balaban J connectivity index is 1.68. The van der Waals surface area contributed by atoms with Crippen molar-refractivity contribution in [3.8, 4) is 0 Å². The summed E-state index contributed by atoms with van der Waals surface area (Å²) in [4.78, 5) is 14.7. The molecule has 1 amide bonds. The standard InChI is InChI=1S/C17H27N3O3/c1-17(2)11-20(9-12(23-17)10-22-3)16(21)8-15-13-6-4-5-7-14(13)18-19-15/h12H,4-11H2,1-3H3,(H,18,19)/t12-/m0/s1. The summed E-state index contributed by atoms with van der Waals surface area (Å²) in [7, 11) is 1.66. The molecule has 1 atom stereocenters. The molecule has 1 fully saturated rings. The van der Waals surface area contributed by atoms with Crippen LogP contribution in [0.15, 0.2) is 0 Å². The zero-order valence-corrected chi connectivity index (χ0v) is 14.4. The van der Waals surface area contributed by atoms with Crippen LogP contribution in [0.1, 0.15) is 43.6 Å². The van der Waals surface area contributed by atoms with E-state index in [9.17, 15) is 4.79 Å². The van der Waals surface area contributed by atoms with Crippen LogP contribution in [-0.4, -0.2) is 59.5 Å². The zero-order chi connectivity index (χ0) is 16.4. The maximum atomic E-state index is 12.8. The summed E-state index contributed by atoms with van der Waals surface area (Å²) in [6.45, 7) is 5.74. The highest BCUT2D eigenvalue weighted by Gasteiger charge is 2.36. The number of amides is 1. The Kier molecular flexibility index (Phi) is 4.73. The minimum atomic E-state index is -0.345. The first kappa shape index (κ1) is 16.5. The molecular weight excluding hydrogens is 294 g/mol. The number of morpholine rings is 1. The summed E-state index contributed by atoms with van der Waals surface area (Å²) < 4.78 is 11.2. The van der Waals surface area contributed by atoms with Gasteiger partial charge in [0, 0.05) is 25.9 Å². The number of ether oxygens (including phenoxy) is 2. The maximum absolute atomic E-state index is 12.8.